The number of hydrogen-bond acceptors (Lipinski definition) is 4. The normalized spacial score (nSPS) is 11.1. The van der Waals surface area contributed by atoms with Gasteiger partial charge in [0.25, 0.3) is 0 Å². The topological polar surface area (TPSA) is 28.2 Å². The molecule has 1 aromatic carbocycles. The lowest BCUT2D eigenvalue weighted by Crippen LogP contribution is -2.22. The van der Waals surface area contributed by atoms with E-state index in [1.807, 2.05) is 31.3 Å². The van der Waals surface area contributed by atoms with E-state index in [-0.39, 0.29) is 0 Å². The fraction of sp³-hybridized carbons (Fsp3) is 0.400. The molecule has 1 aromatic heterocycles. The number of aromatic nitrogens is 1. The van der Waals surface area contributed by atoms with E-state index >= 15 is 0 Å². The third-order valence-corrected chi connectivity index (χ3v) is 4.30. The second-order valence-electron chi connectivity index (χ2n) is 5.10. The lowest BCUT2D eigenvalue weighted by molar-refractivity contribution is 0.583. The van der Waals surface area contributed by atoms with Crippen LogP contribution in [0.3, 0.4) is 0 Å². The van der Waals surface area contributed by atoms with Gasteiger partial charge in [-0.05, 0) is 11.6 Å². The Kier molecular flexibility index (Phi) is 5.40. The molecule has 1 N–H and O–H groups in total. The standard InChI is InChI=1S/C15H20ClN3S/c1-11(2)17-8-13-10-20-15(18-13)19(3)9-12-6-4-5-7-14(12)16/h4-7,10-11,17H,8-9H2,1-3H3. The highest BCUT2D eigenvalue weighted by atomic mass is 35.5. The van der Waals surface area contributed by atoms with Crippen LogP contribution in [0.2, 0.25) is 5.02 Å². The van der Waals surface area contributed by atoms with E-state index in [1.165, 1.54) is 0 Å². The minimum atomic E-state index is 0.473. The van der Waals surface area contributed by atoms with Crippen molar-refractivity contribution < 1.29 is 0 Å². The van der Waals surface area contributed by atoms with Gasteiger partial charge in [0.15, 0.2) is 5.13 Å². The zero-order chi connectivity index (χ0) is 14.5. The van der Waals surface area contributed by atoms with Crippen LogP contribution in [0.15, 0.2) is 29.6 Å². The third-order valence-electron chi connectivity index (χ3n) is 2.92. The largest absolute Gasteiger partial charge is 0.347 e. The molecule has 5 heteroatoms. The summed E-state index contributed by atoms with van der Waals surface area (Å²) in [6.07, 6.45) is 0. The van der Waals surface area contributed by atoms with Gasteiger partial charge in [0, 0.05) is 36.6 Å². The van der Waals surface area contributed by atoms with Crippen LogP contribution in [0.5, 0.6) is 0 Å². The zero-order valence-corrected chi connectivity index (χ0v) is 13.6. The molecule has 0 atom stereocenters. The highest BCUT2D eigenvalue weighted by molar-refractivity contribution is 7.13. The minimum Gasteiger partial charge on any atom is -0.347 e. The Morgan fingerprint density at radius 3 is 2.80 bits per heavy atom. The van der Waals surface area contributed by atoms with E-state index in [0.29, 0.717) is 6.04 Å². The Hall–Kier alpha value is -1.10. The summed E-state index contributed by atoms with van der Waals surface area (Å²) in [5, 5.41) is 7.30. The molecule has 0 aliphatic carbocycles. The van der Waals surface area contributed by atoms with E-state index < -0.39 is 0 Å². The first-order valence-electron chi connectivity index (χ1n) is 6.68. The molecule has 3 nitrogen and oxygen atoms in total. The molecule has 2 rings (SSSR count). The number of rotatable bonds is 6. The molecule has 0 aliphatic heterocycles. The molecular formula is C15H20ClN3S. The van der Waals surface area contributed by atoms with Crippen molar-refractivity contribution >= 4 is 28.1 Å². The summed E-state index contributed by atoms with van der Waals surface area (Å²) in [5.74, 6) is 0. The predicted octanol–water partition coefficient (Wildman–Crippen LogP) is 3.93. The second kappa shape index (κ2) is 7.07. The van der Waals surface area contributed by atoms with Gasteiger partial charge >= 0.3 is 0 Å². The molecule has 0 bridgehead atoms. The molecule has 0 fully saturated rings. The summed E-state index contributed by atoms with van der Waals surface area (Å²) >= 11 is 7.86. The molecule has 0 aliphatic rings. The summed E-state index contributed by atoms with van der Waals surface area (Å²) in [6.45, 7) is 5.85. The van der Waals surface area contributed by atoms with Crippen LogP contribution < -0.4 is 10.2 Å². The number of halogens is 1. The average molecular weight is 310 g/mol. The van der Waals surface area contributed by atoms with Crippen molar-refractivity contribution in [3.8, 4) is 0 Å². The molecule has 0 radical (unpaired) electrons. The number of thiazole rings is 1. The van der Waals surface area contributed by atoms with Crippen LogP contribution in [0.1, 0.15) is 25.1 Å². The molecule has 0 unspecified atom stereocenters. The van der Waals surface area contributed by atoms with Crippen molar-refractivity contribution in [1.82, 2.24) is 10.3 Å². The van der Waals surface area contributed by atoms with Gasteiger partial charge in [-0.3, -0.25) is 0 Å². The first-order valence-corrected chi connectivity index (χ1v) is 7.94. The molecule has 108 valence electrons. The van der Waals surface area contributed by atoms with E-state index in [9.17, 15) is 0 Å². The van der Waals surface area contributed by atoms with Crippen LogP contribution in [0.4, 0.5) is 5.13 Å². The Labute approximate surface area is 129 Å². The maximum absolute atomic E-state index is 6.19. The SMILES string of the molecule is CC(C)NCc1csc(N(C)Cc2ccccc2Cl)n1. The second-order valence-corrected chi connectivity index (χ2v) is 6.35. The molecule has 0 saturated heterocycles. The highest BCUT2D eigenvalue weighted by Crippen LogP contribution is 2.23. The van der Waals surface area contributed by atoms with E-state index in [0.717, 1.165) is 34.5 Å². The van der Waals surface area contributed by atoms with E-state index in [4.69, 9.17) is 11.6 Å². The van der Waals surface area contributed by atoms with Crippen molar-refractivity contribution in [3.63, 3.8) is 0 Å². The van der Waals surface area contributed by atoms with Crippen LogP contribution in [-0.2, 0) is 13.1 Å². The summed E-state index contributed by atoms with van der Waals surface area (Å²) in [4.78, 5) is 6.78. The monoisotopic (exact) mass is 309 g/mol. The van der Waals surface area contributed by atoms with Crippen LogP contribution in [0, 0.1) is 0 Å². The van der Waals surface area contributed by atoms with Gasteiger partial charge in [0.1, 0.15) is 0 Å². The van der Waals surface area contributed by atoms with Crippen molar-refractivity contribution in [1.29, 1.82) is 0 Å². The fourth-order valence-electron chi connectivity index (χ4n) is 1.81. The summed E-state index contributed by atoms with van der Waals surface area (Å²) in [6, 6.07) is 8.40. The molecule has 20 heavy (non-hydrogen) atoms. The predicted molar refractivity (Wildman–Crippen MR) is 87.6 cm³/mol. The summed E-state index contributed by atoms with van der Waals surface area (Å²) in [7, 11) is 2.04. The lowest BCUT2D eigenvalue weighted by Gasteiger charge is -2.16. The Bertz CT molecular complexity index is 554. The number of hydrogen-bond donors (Lipinski definition) is 1. The highest BCUT2D eigenvalue weighted by Gasteiger charge is 2.09. The molecule has 1 heterocycles. The summed E-state index contributed by atoms with van der Waals surface area (Å²) in [5.41, 5.74) is 2.21. The van der Waals surface area contributed by atoms with Gasteiger partial charge in [-0.25, -0.2) is 4.98 Å². The fourth-order valence-corrected chi connectivity index (χ4v) is 2.80. The Balaban J connectivity index is 1.99. The van der Waals surface area contributed by atoms with Gasteiger partial charge in [-0.1, -0.05) is 43.6 Å². The average Bonchev–Trinajstić information content (AvgIpc) is 2.88. The molecule has 0 saturated carbocycles. The van der Waals surface area contributed by atoms with E-state index in [2.05, 4.69) is 34.4 Å². The first kappa shape index (κ1) is 15.3. The zero-order valence-electron chi connectivity index (χ0n) is 12.1. The number of nitrogens with one attached hydrogen (secondary N) is 1. The van der Waals surface area contributed by atoms with Gasteiger partial charge in [0.2, 0.25) is 0 Å². The Morgan fingerprint density at radius 1 is 1.35 bits per heavy atom. The van der Waals surface area contributed by atoms with Gasteiger partial charge < -0.3 is 10.2 Å². The quantitative estimate of drug-likeness (QED) is 0.876. The van der Waals surface area contributed by atoms with Gasteiger partial charge in [-0.2, -0.15) is 0 Å². The van der Waals surface area contributed by atoms with Crippen molar-refractivity contribution in [2.45, 2.75) is 33.0 Å². The minimum absolute atomic E-state index is 0.473. The van der Waals surface area contributed by atoms with E-state index in [1.54, 1.807) is 11.3 Å². The lowest BCUT2D eigenvalue weighted by atomic mass is 10.2. The van der Waals surface area contributed by atoms with Crippen molar-refractivity contribution in [3.05, 3.63) is 45.9 Å². The number of nitrogens with zero attached hydrogens (tertiary/aromatic N) is 2. The Morgan fingerprint density at radius 2 is 2.10 bits per heavy atom. The molecule has 0 spiro atoms. The van der Waals surface area contributed by atoms with Gasteiger partial charge in [0.05, 0.1) is 5.69 Å². The maximum Gasteiger partial charge on any atom is 0.185 e. The van der Waals surface area contributed by atoms with Gasteiger partial charge in [-0.15, -0.1) is 11.3 Å². The van der Waals surface area contributed by atoms with Crippen molar-refractivity contribution in [2.24, 2.45) is 0 Å². The van der Waals surface area contributed by atoms with Crippen LogP contribution in [-0.4, -0.2) is 18.1 Å². The van der Waals surface area contributed by atoms with Crippen LogP contribution >= 0.6 is 22.9 Å². The molecular weight excluding hydrogens is 290 g/mol. The number of benzene rings is 1. The molecule has 2 aromatic rings. The third kappa shape index (κ3) is 4.20. The molecule has 0 amide bonds. The number of anilines is 1. The van der Waals surface area contributed by atoms with Crippen LogP contribution in [0.25, 0.3) is 0 Å². The smallest absolute Gasteiger partial charge is 0.185 e. The maximum atomic E-state index is 6.19. The van der Waals surface area contributed by atoms with Crippen molar-refractivity contribution in [2.75, 3.05) is 11.9 Å². The summed E-state index contributed by atoms with van der Waals surface area (Å²) < 4.78 is 0. The first-order chi connectivity index (χ1) is 9.56.